The maximum atomic E-state index is 11.6. The summed E-state index contributed by atoms with van der Waals surface area (Å²) in [4.78, 5) is 12.7. The van der Waals surface area contributed by atoms with Crippen molar-refractivity contribution in [1.29, 1.82) is 0 Å². The van der Waals surface area contributed by atoms with Crippen molar-refractivity contribution >= 4 is 17.7 Å². The molecular weight excluding hydrogens is 220 g/mol. The van der Waals surface area contributed by atoms with Gasteiger partial charge in [0.25, 0.3) is 0 Å². The quantitative estimate of drug-likeness (QED) is 0.741. The van der Waals surface area contributed by atoms with Crippen LogP contribution < -0.4 is 11.1 Å². The molecule has 0 radical (unpaired) electrons. The van der Waals surface area contributed by atoms with E-state index in [1.165, 1.54) is 11.8 Å². The van der Waals surface area contributed by atoms with Crippen LogP contribution in [0.3, 0.4) is 0 Å². The van der Waals surface area contributed by atoms with Crippen molar-refractivity contribution in [2.24, 2.45) is 5.73 Å². The minimum atomic E-state index is 0.0474. The van der Waals surface area contributed by atoms with Gasteiger partial charge in [-0.1, -0.05) is 25.1 Å². The number of nitrogens with two attached hydrogens (primary N) is 1. The second-order valence-electron chi connectivity index (χ2n) is 3.51. The van der Waals surface area contributed by atoms with Crippen molar-refractivity contribution in [2.45, 2.75) is 24.3 Å². The van der Waals surface area contributed by atoms with Crippen LogP contribution in [-0.2, 0) is 4.79 Å². The van der Waals surface area contributed by atoms with Gasteiger partial charge in [-0.3, -0.25) is 4.79 Å². The van der Waals surface area contributed by atoms with Gasteiger partial charge in [-0.2, -0.15) is 0 Å². The molecule has 0 saturated heterocycles. The summed E-state index contributed by atoms with van der Waals surface area (Å²) in [6.45, 7) is 2.51. The summed E-state index contributed by atoms with van der Waals surface area (Å²) in [7, 11) is 0. The van der Waals surface area contributed by atoms with E-state index in [-0.39, 0.29) is 11.9 Å². The SMILES string of the molecule is CCC(CN)NC(=O)CSc1ccccc1. The molecule has 0 fully saturated rings. The van der Waals surface area contributed by atoms with Crippen LogP contribution in [0.5, 0.6) is 0 Å². The van der Waals surface area contributed by atoms with E-state index in [0.717, 1.165) is 11.3 Å². The number of amides is 1. The Morgan fingerprint density at radius 3 is 2.69 bits per heavy atom. The number of hydrogen-bond donors (Lipinski definition) is 2. The largest absolute Gasteiger partial charge is 0.351 e. The molecular formula is C12H18N2OS. The number of carbonyl (C=O) groups is 1. The van der Waals surface area contributed by atoms with Crippen molar-refractivity contribution in [3.8, 4) is 0 Å². The van der Waals surface area contributed by atoms with Crippen molar-refractivity contribution in [2.75, 3.05) is 12.3 Å². The van der Waals surface area contributed by atoms with E-state index < -0.39 is 0 Å². The summed E-state index contributed by atoms with van der Waals surface area (Å²) in [6, 6.07) is 10.00. The van der Waals surface area contributed by atoms with E-state index in [4.69, 9.17) is 5.73 Å². The molecule has 0 aliphatic heterocycles. The zero-order chi connectivity index (χ0) is 11.8. The van der Waals surface area contributed by atoms with Gasteiger partial charge in [0.1, 0.15) is 0 Å². The zero-order valence-corrected chi connectivity index (χ0v) is 10.3. The summed E-state index contributed by atoms with van der Waals surface area (Å²) in [5, 5.41) is 2.90. The van der Waals surface area contributed by atoms with Crippen molar-refractivity contribution < 1.29 is 4.79 Å². The third-order valence-electron chi connectivity index (χ3n) is 2.26. The number of rotatable bonds is 6. The fraction of sp³-hybridized carbons (Fsp3) is 0.417. The minimum Gasteiger partial charge on any atom is -0.351 e. The molecule has 1 rings (SSSR count). The maximum Gasteiger partial charge on any atom is 0.230 e. The standard InChI is InChI=1S/C12H18N2OS/c1-2-10(8-13)14-12(15)9-16-11-6-4-3-5-7-11/h3-7,10H,2,8-9,13H2,1H3,(H,14,15). The lowest BCUT2D eigenvalue weighted by Gasteiger charge is -2.14. The van der Waals surface area contributed by atoms with Crippen molar-refractivity contribution in [3.63, 3.8) is 0 Å². The Morgan fingerprint density at radius 1 is 1.44 bits per heavy atom. The molecule has 16 heavy (non-hydrogen) atoms. The number of hydrogen-bond acceptors (Lipinski definition) is 3. The van der Waals surface area contributed by atoms with Gasteiger partial charge < -0.3 is 11.1 Å². The first kappa shape index (κ1) is 13.1. The Balaban J connectivity index is 2.30. The van der Waals surface area contributed by atoms with E-state index in [9.17, 15) is 4.79 Å². The Labute approximate surface area is 101 Å². The zero-order valence-electron chi connectivity index (χ0n) is 9.48. The van der Waals surface area contributed by atoms with Crippen LogP contribution in [0.25, 0.3) is 0 Å². The lowest BCUT2D eigenvalue weighted by Crippen LogP contribution is -2.40. The smallest absolute Gasteiger partial charge is 0.230 e. The normalized spacial score (nSPS) is 12.1. The Morgan fingerprint density at radius 2 is 2.12 bits per heavy atom. The predicted molar refractivity (Wildman–Crippen MR) is 68.4 cm³/mol. The topological polar surface area (TPSA) is 55.1 Å². The highest BCUT2D eigenvalue weighted by Gasteiger charge is 2.08. The van der Waals surface area contributed by atoms with Gasteiger partial charge in [-0.05, 0) is 18.6 Å². The summed E-state index contributed by atoms with van der Waals surface area (Å²) >= 11 is 1.54. The van der Waals surface area contributed by atoms with E-state index in [2.05, 4.69) is 5.32 Å². The first-order valence-electron chi connectivity index (χ1n) is 5.43. The third kappa shape index (κ3) is 4.68. The average Bonchev–Trinajstić information content (AvgIpc) is 2.34. The maximum absolute atomic E-state index is 11.6. The Hall–Kier alpha value is -1.00. The van der Waals surface area contributed by atoms with Crippen LogP contribution in [0.15, 0.2) is 35.2 Å². The Kier molecular flexibility index (Phi) is 5.96. The first-order valence-corrected chi connectivity index (χ1v) is 6.42. The van der Waals surface area contributed by atoms with Gasteiger partial charge in [-0.15, -0.1) is 11.8 Å². The molecule has 3 N–H and O–H groups in total. The number of benzene rings is 1. The van der Waals surface area contributed by atoms with Crippen LogP contribution in [0.1, 0.15) is 13.3 Å². The summed E-state index contributed by atoms with van der Waals surface area (Å²) in [6.07, 6.45) is 0.873. The van der Waals surface area contributed by atoms with Gasteiger partial charge in [0.15, 0.2) is 0 Å². The van der Waals surface area contributed by atoms with Crippen LogP contribution in [0, 0.1) is 0 Å². The highest BCUT2D eigenvalue weighted by molar-refractivity contribution is 8.00. The lowest BCUT2D eigenvalue weighted by atomic mass is 10.2. The van der Waals surface area contributed by atoms with Gasteiger partial charge in [0.05, 0.1) is 5.75 Å². The molecule has 1 aromatic carbocycles. The molecule has 3 nitrogen and oxygen atoms in total. The second-order valence-corrected chi connectivity index (χ2v) is 4.56. The molecule has 0 aromatic heterocycles. The van der Waals surface area contributed by atoms with Crippen LogP contribution in [-0.4, -0.2) is 24.2 Å². The minimum absolute atomic E-state index is 0.0474. The highest BCUT2D eigenvalue weighted by atomic mass is 32.2. The molecule has 0 aliphatic rings. The van der Waals surface area contributed by atoms with E-state index >= 15 is 0 Å². The molecule has 0 spiro atoms. The fourth-order valence-corrected chi connectivity index (χ4v) is 1.99. The van der Waals surface area contributed by atoms with Gasteiger partial charge >= 0.3 is 0 Å². The molecule has 88 valence electrons. The van der Waals surface area contributed by atoms with E-state index in [1.54, 1.807) is 0 Å². The third-order valence-corrected chi connectivity index (χ3v) is 3.27. The van der Waals surface area contributed by atoms with Gasteiger partial charge in [-0.25, -0.2) is 0 Å². The monoisotopic (exact) mass is 238 g/mol. The van der Waals surface area contributed by atoms with Crippen molar-refractivity contribution in [3.05, 3.63) is 30.3 Å². The average molecular weight is 238 g/mol. The van der Waals surface area contributed by atoms with Crippen LogP contribution in [0.4, 0.5) is 0 Å². The summed E-state index contributed by atoms with van der Waals surface area (Å²) in [5.74, 6) is 0.492. The molecule has 0 aliphatic carbocycles. The summed E-state index contributed by atoms with van der Waals surface area (Å²) in [5.41, 5.74) is 5.52. The van der Waals surface area contributed by atoms with Crippen molar-refractivity contribution in [1.82, 2.24) is 5.32 Å². The molecule has 1 unspecified atom stereocenters. The molecule has 1 atom stereocenters. The molecule has 0 heterocycles. The molecule has 1 aromatic rings. The van der Waals surface area contributed by atoms with Gasteiger partial charge in [0.2, 0.25) is 5.91 Å². The second kappa shape index (κ2) is 7.30. The number of nitrogens with one attached hydrogen (secondary N) is 1. The molecule has 0 saturated carbocycles. The molecule has 0 bridgehead atoms. The van der Waals surface area contributed by atoms with E-state index in [0.29, 0.717) is 12.3 Å². The molecule has 1 amide bonds. The first-order chi connectivity index (χ1) is 7.76. The van der Waals surface area contributed by atoms with Gasteiger partial charge in [0, 0.05) is 17.5 Å². The molecule has 4 heteroatoms. The number of carbonyl (C=O) groups excluding carboxylic acids is 1. The van der Waals surface area contributed by atoms with Crippen LogP contribution in [0.2, 0.25) is 0 Å². The number of thioether (sulfide) groups is 1. The Bertz CT molecular complexity index is 312. The lowest BCUT2D eigenvalue weighted by molar-refractivity contribution is -0.119. The van der Waals surface area contributed by atoms with Crippen LogP contribution >= 0.6 is 11.8 Å². The predicted octanol–water partition coefficient (Wildman–Crippen LogP) is 1.63. The fourth-order valence-electron chi connectivity index (χ4n) is 1.26. The highest BCUT2D eigenvalue weighted by Crippen LogP contribution is 2.16. The summed E-state index contributed by atoms with van der Waals surface area (Å²) < 4.78 is 0. The van der Waals surface area contributed by atoms with E-state index in [1.807, 2.05) is 37.3 Å².